The van der Waals surface area contributed by atoms with E-state index in [0.29, 0.717) is 0 Å². The van der Waals surface area contributed by atoms with Crippen LogP contribution in [0, 0.1) is 35.5 Å². The fourth-order valence-electron chi connectivity index (χ4n) is 7.60. The monoisotopic (exact) mass is 444 g/mol. The lowest BCUT2D eigenvalue weighted by Gasteiger charge is -2.44. The van der Waals surface area contributed by atoms with Gasteiger partial charge in [0.15, 0.2) is 0 Å². The molecule has 0 radical (unpaired) electrons. The van der Waals surface area contributed by atoms with Crippen molar-refractivity contribution in [2.75, 3.05) is 0 Å². The summed E-state index contributed by atoms with van der Waals surface area (Å²) in [7, 11) is 0. The van der Waals surface area contributed by atoms with Crippen LogP contribution in [0.2, 0.25) is 0 Å². The summed E-state index contributed by atoms with van der Waals surface area (Å²) in [6.45, 7) is 7.14. The molecule has 3 nitrogen and oxygen atoms in total. The molecule has 0 aromatic carbocycles. The molecule has 6 fully saturated rings. The maximum absolute atomic E-state index is 7.36. The standard InChI is InChI=1S/3C9H15O.Al/c3*1-2-9(10,7-3-4-7)8-5-6-8;/h3*7-8H,2-6H2,1H3;/q3*-1;+3. The minimum absolute atomic E-state index is 0.0655. The van der Waals surface area contributed by atoms with Crippen LogP contribution < -0.4 is 0 Å². The third-order valence-corrected chi connectivity index (χ3v) is 12.1. The first kappa shape index (κ1) is 21.9. The van der Waals surface area contributed by atoms with Gasteiger partial charge in [0.05, 0.1) is 0 Å². The second-order valence-electron chi connectivity index (χ2n) is 12.2. The predicted molar refractivity (Wildman–Crippen MR) is 124 cm³/mol. The van der Waals surface area contributed by atoms with Crippen LogP contribution in [0.1, 0.15) is 117 Å². The van der Waals surface area contributed by atoms with Crippen molar-refractivity contribution in [3.63, 3.8) is 0 Å². The summed E-state index contributed by atoms with van der Waals surface area (Å²) in [5.74, 6) is 4.60. The Labute approximate surface area is 195 Å². The van der Waals surface area contributed by atoms with Gasteiger partial charge in [0.25, 0.3) is 0 Å². The van der Waals surface area contributed by atoms with Crippen molar-refractivity contribution in [2.45, 2.75) is 134 Å². The van der Waals surface area contributed by atoms with Crippen LogP contribution in [0.15, 0.2) is 0 Å². The van der Waals surface area contributed by atoms with Gasteiger partial charge in [-0.1, -0.05) is 20.8 Å². The molecule has 0 atom stereocenters. The van der Waals surface area contributed by atoms with Crippen LogP contribution in [0.4, 0.5) is 0 Å². The van der Waals surface area contributed by atoms with Gasteiger partial charge in [-0.2, -0.15) is 0 Å². The Morgan fingerprint density at radius 1 is 0.452 bits per heavy atom. The van der Waals surface area contributed by atoms with Crippen molar-refractivity contribution in [3.05, 3.63) is 0 Å². The fourth-order valence-corrected chi connectivity index (χ4v) is 10.5. The smallest absolute Gasteiger partial charge is 0.449 e. The third kappa shape index (κ3) is 3.99. The van der Waals surface area contributed by atoms with E-state index in [1.807, 2.05) is 0 Å². The molecule has 174 valence electrons. The van der Waals surface area contributed by atoms with Gasteiger partial charge in [0, 0.05) is 16.8 Å². The number of hydrogen-bond acceptors (Lipinski definition) is 3. The van der Waals surface area contributed by atoms with Crippen LogP contribution in [0.5, 0.6) is 0 Å². The number of hydrogen-bond donors (Lipinski definition) is 0. The van der Waals surface area contributed by atoms with Crippen molar-refractivity contribution < 1.29 is 11.4 Å². The predicted octanol–water partition coefficient (Wildman–Crippen LogP) is 6.93. The van der Waals surface area contributed by atoms with Gasteiger partial charge in [-0.3, -0.25) is 0 Å². The van der Waals surface area contributed by atoms with Crippen molar-refractivity contribution in [1.29, 1.82) is 0 Å². The molecule has 0 aromatic rings. The molecule has 6 saturated carbocycles. The Bertz CT molecular complexity index is 529. The Morgan fingerprint density at radius 2 is 0.645 bits per heavy atom. The lowest BCUT2D eigenvalue weighted by molar-refractivity contribution is -0.127. The van der Waals surface area contributed by atoms with E-state index < -0.39 is 15.1 Å². The van der Waals surface area contributed by atoms with E-state index in [9.17, 15) is 0 Å². The summed E-state index contributed by atoms with van der Waals surface area (Å²) in [4.78, 5) is 0. The molecule has 0 heterocycles. The molecule has 6 aliphatic rings. The SMILES string of the molecule is CCC([O][Al]([O]C(CC)(C1CC1)C1CC1)[O]C(CC)(C1CC1)C1CC1)(C1CC1)C1CC1. The van der Waals surface area contributed by atoms with Gasteiger partial charge in [-0.15, -0.1) is 0 Å². The highest BCUT2D eigenvalue weighted by Crippen LogP contribution is 2.61. The van der Waals surface area contributed by atoms with Gasteiger partial charge in [0.1, 0.15) is 0 Å². The molecule has 0 amide bonds. The fraction of sp³-hybridized carbons (Fsp3) is 1.00. The molecule has 0 aromatic heterocycles. The van der Waals surface area contributed by atoms with E-state index in [4.69, 9.17) is 11.4 Å². The maximum atomic E-state index is 7.36. The highest BCUT2D eigenvalue weighted by molar-refractivity contribution is 6.37. The highest BCUT2D eigenvalue weighted by atomic mass is 27.3. The zero-order valence-corrected chi connectivity index (χ0v) is 21.5. The van der Waals surface area contributed by atoms with Crippen LogP contribution in [0.25, 0.3) is 0 Å². The molecule has 6 rings (SSSR count). The summed E-state index contributed by atoms with van der Waals surface area (Å²) in [5, 5.41) is 0. The van der Waals surface area contributed by atoms with Crippen LogP contribution in [0.3, 0.4) is 0 Å². The summed E-state index contributed by atoms with van der Waals surface area (Å²) >= 11 is -2.26. The summed E-state index contributed by atoms with van der Waals surface area (Å²) in [6, 6.07) is 0. The molecule has 31 heavy (non-hydrogen) atoms. The van der Waals surface area contributed by atoms with Gasteiger partial charge in [-0.05, 0) is 132 Å². The molecule has 0 unspecified atom stereocenters. The summed E-state index contributed by atoms with van der Waals surface area (Å²) in [6.07, 6.45) is 19.8. The van der Waals surface area contributed by atoms with Crippen molar-refractivity contribution in [3.8, 4) is 0 Å². The minimum Gasteiger partial charge on any atom is -0.449 e. The lowest BCUT2D eigenvalue weighted by atomic mass is 9.89. The lowest BCUT2D eigenvalue weighted by Crippen LogP contribution is -2.55. The zero-order chi connectivity index (χ0) is 21.3. The van der Waals surface area contributed by atoms with Crippen molar-refractivity contribution in [1.82, 2.24) is 0 Å². The van der Waals surface area contributed by atoms with E-state index in [1.54, 1.807) is 0 Å². The number of rotatable bonds is 15. The first-order valence-electron chi connectivity index (χ1n) is 14.1. The second-order valence-corrected chi connectivity index (χ2v) is 13.5. The van der Waals surface area contributed by atoms with Crippen molar-refractivity contribution in [2.24, 2.45) is 35.5 Å². The molecule has 0 saturated heterocycles. The highest BCUT2D eigenvalue weighted by Gasteiger charge is 2.65. The Kier molecular flexibility index (Phi) is 5.64. The molecular formula is C27H45AlO3. The van der Waals surface area contributed by atoms with Gasteiger partial charge in [-0.25, -0.2) is 0 Å². The van der Waals surface area contributed by atoms with Crippen LogP contribution >= 0.6 is 0 Å². The first-order chi connectivity index (χ1) is 15.1. The Balaban J connectivity index is 1.30. The summed E-state index contributed by atoms with van der Waals surface area (Å²) < 4.78 is 22.1. The molecule has 6 aliphatic carbocycles. The molecule has 0 spiro atoms. The van der Waals surface area contributed by atoms with Gasteiger partial charge >= 0.3 is 15.1 Å². The quantitative estimate of drug-likeness (QED) is 0.256. The minimum atomic E-state index is -2.26. The Morgan fingerprint density at radius 3 is 0.774 bits per heavy atom. The molecule has 4 heteroatoms. The molecule has 0 aliphatic heterocycles. The summed E-state index contributed by atoms with van der Waals surface area (Å²) in [5.41, 5.74) is 0.197. The second kappa shape index (κ2) is 7.98. The molecular weight excluding hydrogens is 399 g/mol. The topological polar surface area (TPSA) is 27.7 Å². The zero-order valence-electron chi connectivity index (χ0n) is 20.4. The first-order valence-corrected chi connectivity index (χ1v) is 15.5. The maximum Gasteiger partial charge on any atom is 0.906 e. The van der Waals surface area contributed by atoms with E-state index >= 15 is 0 Å². The Hall–Kier alpha value is 0.412. The molecule has 0 bridgehead atoms. The van der Waals surface area contributed by atoms with E-state index in [-0.39, 0.29) is 16.8 Å². The van der Waals surface area contributed by atoms with E-state index in [0.717, 1.165) is 54.8 Å². The third-order valence-electron chi connectivity index (χ3n) is 10.2. The van der Waals surface area contributed by atoms with E-state index in [1.165, 1.54) is 77.0 Å². The van der Waals surface area contributed by atoms with Gasteiger partial charge in [0.2, 0.25) is 0 Å². The van der Waals surface area contributed by atoms with Crippen molar-refractivity contribution >= 4 is 15.1 Å². The average molecular weight is 445 g/mol. The van der Waals surface area contributed by atoms with Crippen LogP contribution in [-0.2, 0) is 11.4 Å². The largest absolute Gasteiger partial charge is 0.906 e. The van der Waals surface area contributed by atoms with E-state index in [2.05, 4.69) is 20.8 Å². The molecule has 0 N–H and O–H groups in total. The normalized spacial score (nSPS) is 27.6. The van der Waals surface area contributed by atoms with Gasteiger partial charge < -0.3 is 11.4 Å². The van der Waals surface area contributed by atoms with Crippen LogP contribution in [-0.4, -0.2) is 32.0 Å². The average Bonchev–Trinajstić information content (AvgIpc) is 3.58.